The summed E-state index contributed by atoms with van der Waals surface area (Å²) in [6.07, 6.45) is 1.35. The molecule has 0 bridgehead atoms. The van der Waals surface area contributed by atoms with Gasteiger partial charge >= 0.3 is 6.03 Å². The van der Waals surface area contributed by atoms with Crippen molar-refractivity contribution in [2.75, 3.05) is 26.7 Å². The molecule has 1 aliphatic rings. The number of nitrogens with one attached hydrogen (secondary N) is 2. The number of aromatic amines is 1. The number of halogens is 1. The number of amides is 3. The van der Waals surface area contributed by atoms with Crippen LogP contribution in [0.2, 0.25) is 0 Å². The molecule has 1 atom stereocenters. The van der Waals surface area contributed by atoms with Gasteiger partial charge in [-0.2, -0.15) is 0 Å². The second kappa shape index (κ2) is 7.08. The number of rotatable bonds is 4. The van der Waals surface area contributed by atoms with E-state index in [1.54, 1.807) is 29.8 Å². The number of piperazine rings is 1. The van der Waals surface area contributed by atoms with Gasteiger partial charge in [0, 0.05) is 33.1 Å². The average molecular weight is 347 g/mol. The van der Waals surface area contributed by atoms with Crippen molar-refractivity contribution in [2.45, 2.75) is 25.8 Å². The first-order chi connectivity index (χ1) is 12.0. The Balaban J connectivity index is 1.47. The van der Waals surface area contributed by atoms with Crippen LogP contribution in [-0.4, -0.2) is 64.4 Å². The van der Waals surface area contributed by atoms with E-state index in [9.17, 15) is 14.0 Å². The molecule has 25 heavy (non-hydrogen) atoms. The van der Waals surface area contributed by atoms with E-state index in [2.05, 4.69) is 15.3 Å². The van der Waals surface area contributed by atoms with Crippen molar-refractivity contribution in [1.82, 2.24) is 25.1 Å². The van der Waals surface area contributed by atoms with Crippen LogP contribution in [0, 0.1) is 5.82 Å². The third kappa shape index (κ3) is 3.72. The van der Waals surface area contributed by atoms with E-state index in [0.29, 0.717) is 38.0 Å². The molecule has 1 aliphatic heterocycles. The highest BCUT2D eigenvalue weighted by Gasteiger charge is 2.32. The van der Waals surface area contributed by atoms with Gasteiger partial charge in [-0.1, -0.05) is 0 Å². The van der Waals surface area contributed by atoms with Gasteiger partial charge in [0.25, 0.3) is 0 Å². The number of fused-ring (bicyclic) bond motifs is 1. The lowest BCUT2D eigenvalue weighted by molar-refractivity contribution is -0.137. The largest absolute Gasteiger partial charge is 0.342 e. The zero-order valence-electron chi connectivity index (χ0n) is 14.4. The first-order valence-corrected chi connectivity index (χ1v) is 8.39. The van der Waals surface area contributed by atoms with E-state index < -0.39 is 6.04 Å². The minimum absolute atomic E-state index is 0.0455. The average Bonchev–Trinajstić information content (AvgIpc) is 2.98. The normalized spacial score (nSPS) is 18.0. The van der Waals surface area contributed by atoms with Gasteiger partial charge in [-0.3, -0.25) is 4.79 Å². The molecule has 0 aliphatic carbocycles. The maximum Gasteiger partial charge on any atom is 0.318 e. The Morgan fingerprint density at radius 2 is 2.24 bits per heavy atom. The third-order valence-electron chi connectivity index (χ3n) is 4.50. The molecule has 7 nitrogen and oxygen atoms in total. The Morgan fingerprint density at radius 1 is 1.44 bits per heavy atom. The Morgan fingerprint density at radius 3 is 3.04 bits per heavy atom. The summed E-state index contributed by atoms with van der Waals surface area (Å²) in [6, 6.07) is 3.77. The smallest absolute Gasteiger partial charge is 0.318 e. The molecule has 2 heterocycles. The highest BCUT2D eigenvalue weighted by molar-refractivity contribution is 5.87. The van der Waals surface area contributed by atoms with E-state index in [1.165, 1.54) is 12.1 Å². The lowest BCUT2D eigenvalue weighted by Crippen LogP contribution is -2.58. The lowest BCUT2D eigenvalue weighted by Gasteiger charge is -2.37. The SMILES string of the molecule is CC1C(=O)N(C)CCN1C(=O)NCCCc1nc2ccc(F)cc2[nH]1. The Kier molecular flexibility index (Phi) is 4.87. The maximum atomic E-state index is 13.2. The number of imidazole rings is 1. The minimum Gasteiger partial charge on any atom is -0.342 e. The molecule has 1 saturated heterocycles. The van der Waals surface area contributed by atoms with Crippen molar-refractivity contribution in [3.8, 4) is 0 Å². The number of likely N-dealkylation sites (N-methyl/N-ethyl adjacent to an activating group) is 1. The molecule has 134 valence electrons. The van der Waals surface area contributed by atoms with E-state index in [1.807, 2.05) is 0 Å². The zero-order chi connectivity index (χ0) is 18.0. The maximum absolute atomic E-state index is 13.2. The quantitative estimate of drug-likeness (QED) is 0.823. The molecule has 1 fully saturated rings. The van der Waals surface area contributed by atoms with Crippen LogP contribution >= 0.6 is 0 Å². The number of carbonyl (C=O) groups excluding carboxylic acids is 2. The molecule has 0 radical (unpaired) electrons. The van der Waals surface area contributed by atoms with Crippen molar-refractivity contribution in [2.24, 2.45) is 0 Å². The summed E-state index contributed by atoms with van der Waals surface area (Å²) >= 11 is 0. The number of nitrogens with zero attached hydrogens (tertiary/aromatic N) is 3. The highest BCUT2D eigenvalue weighted by atomic mass is 19.1. The first-order valence-electron chi connectivity index (χ1n) is 8.39. The monoisotopic (exact) mass is 347 g/mol. The molecule has 0 spiro atoms. The predicted molar refractivity (Wildman–Crippen MR) is 91.6 cm³/mol. The van der Waals surface area contributed by atoms with Gasteiger partial charge in [0.2, 0.25) is 5.91 Å². The van der Waals surface area contributed by atoms with Gasteiger partial charge in [0.15, 0.2) is 0 Å². The van der Waals surface area contributed by atoms with Gasteiger partial charge in [-0.25, -0.2) is 14.2 Å². The molecular formula is C17H22FN5O2. The molecule has 3 amide bonds. The van der Waals surface area contributed by atoms with E-state index in [4.69, 9.17) is 0 Å². The number of hydrogen-bond donors (Lipinski definition) is 2. The Hall–Kier alpha value is -2.64. The van der Waals surface area contributed by atoms with Gasteiger partial charge in [-0.15, -0.1) is 0 Å². The van der Waals surface area contributed by atoms with E-state index in [-0.39, 0.29) is 17.8 Å². The number of carbonyl (C=O) groups is 2. The molecule has 2 aromatic rings. The first kappa shape index (κ1) is 17.2. The Bertz CT molecular complexity index is 790. The van der Waals surface area contributed by atoms with Crippen LogP contribution in [0.4, 0.5) is 9.18 Å². The zero-order valence-corrected chi connectivity index (χ0v) is 14.4. The number of aryl methyl sites for hydroxylation is 1. The number of aromatic nitrogens is 2. The lowest BCUT2D eigenvalue weighted by atomic mass is 10.2. The van der Waals surface area contributed by atoms with Crippen molar-refractivity contribution in [3.63, 3.8) is 0 Å². The summed E-state index contributed by atoms with van der Waals surface area (Å²) in [6.45, 7) is 3.30. The molecule has 0 saturated carbocycles. The molecule has 1 unspecified atom stereocenters. The fourth-order valence-corrected chi connectivity index (χ4v) is 3.00. The second-order valence-corrected chi connectivity index (χ2v) is 6.31. The summed E-state index contributed by atoms with van der Waals surface area (Å²) in [5.74, 6) is 0.416. The number of urea groups is 1. The van der Waals surface area contributed by atoms with E-state index in [0.717, 1.165) is 11.3 Å². The molecule has 1 aromatic carbocycles. The summed E-state index contributed by atoms with van der Waals surface area (Å²) in [5.41, 5.74) is 1.40. The standard InChI is InChI=1S/C17H22FN5O2/c1-11-16(24)22(2)8-9-23(11)17(25)19-7-3-4-15-20-13-6-5-12(18)10-14(13)21-15/h5-6,10-11H,3-4,7-9H2,1-2H3,(H,19,25)(H,20,21). The highest BCUT2D eigenvalue weighted by Crippen LogP contribution is 2.14. The van der Waals surface area contributed by atoms with Crippen LogP contribution in [-0.2, 0) is 11.2 Å². The van der Waals surface area contributed by atoms with Crippen molar-refractivity contribution in [3.05, 3.63) is 29.8 Å². The van der Waals surface area contributed by atoms with Gasteiger partial charge in [0.05, 0.1) is 11.0 Å². The van der Waals surface area contributed by atoms with Gasteiger partial charge in [-0.05, 0) is 31.5 Å². The predicted octanol–water partition coefficient (Wildman–Crippen LogP) is 1.51. The van der Waals surface area contributed by atoms with Crippen molar-refractivity contribution < 1.29 is 14.0 Å². The fraction of sp³-hybridized carbons (Fsp3) is 0.471. The topological polar surface area (TPSA) is 81.3 Å². The number of hydrogen-bond acceptors (Lipinski definition) is 3. The van der Waals surface area contributed by atoms with Crippen LogP contribution in [0.3, 0.4) is 0 Å². The van der Waals surface area contributed by atoms with Gasteiger partial charge in [0.1, 0.15) is 17.7 Å². The molecule has 1 aromatic heterocycles. The van der Waals surface area contributed by atoms with Gasteiger partial charge < -0.3 is 20.1 Å². The van der Waals surface area contributed by atoms with Crippen LogP contribution in [0.15, 0.2) is 18.2 Å². The summed E-state index contributed by atoms with van der Waals surface area (Å²) in [7, 11) is 1.74. The van der Waals surface area contributed by atoms with Crippen LogP contribution in [0.1, 0.15) is 19.2 Å². The fourth-order valence-electron chi connectivity index (χ4n) is 3.00. The van der Waals surface area contributed by atoms with Crippen molar-refractivity contribution >= 4 is 23.0 Å². The van der Waals surface area contributed by atoms with Crippen LogP contribution < -0.4 is 5.32 Å². The molecular weight excluding hydrogens is 325 g/mol. The Labute approximate surface area is 145 Å². The summed E-state index contributed by atoms with van der Waals surface area (Å²) in [5, 5.41) is 2.85. The minimum atomic E-state index is -0.441. The van der Waals surface area contributed by atoms with Crippen LogP contribution in [0.25, 0.3) is 11.0 Å². The number of benzene rings is 1. The number of H-pyrrole nitrogens is 1. The van der Waals surface area contributed by atoms with E-state index >= 15 is 0 Å². The molecule has 2 N–H and O–H groups in total. The summed E-state index contributed by atoms with van der Waals surface area (Å²) < 4.78 is 13.2. The molecule has 8 heteroatoms. The third-order valence-corrected chi connectivity index (χ3v) is 4.50. The van der Waals surface area contributed by atoms with Crippen molar-refractivity contribution in [1.29, 1.82) is 0 Å². The molecule has 3 rings (SSSR count). The second-order valence-electron chi connectivity index (χ2n) is 6.31. The van der Waals surface area contributed by atoms with Crippen LogP contribution in [0.5, 0.6) is 0 Å². The summed E-state index contributed by atoms with van der Waals surface area (Å²) in [4.78, 5) is 34.8.